The molecular formula is C11H13F2NO2. The van der Waals surface area contributed by atoms with E-state index in [1.54, 1.807) is 6.92 Å². The van der Waals surface area contributed by atoms with Crippen molar-refractivity contribution in [3.63, 3.8) is 0 Å². The zero-order valence-electron chi connectivity index (χ0n) is 9.09. The molecule has 1 unspecified atom stereocenters. The lowest BCUT2D eigenvalue weighted by Crippen LogP contribution is -2.45. The molecule has 0 aliphatic rings. The highest BCUT2D eigenvalue weighted by Crippen LogP contribution is 2.24. The quantitative estimate of drug-likeness (QED) is 0.858. The van der Waals surface area contributed by atoms with Gasteiger partial charge < -0.3 is 10.5 Å². The molecule has 0 saturated carbocycles. The van der Waals surface area contributed by atoms with Crippen LogP contribution in [0, 0.1) is 11.6 Å². The van der Waals surface area contributed by atoms with E-state index in [0.717, 1.165) is 12.1 Å². The Morgan fingerprint density at radius 1 is 1.50 bits per heavy atom. The molecule has 0 bridgehead atoms. The van der Waals surface area contributed by atoms with Gasteiger partial charge in [0.05, 0.1) is 0 Å². The van der Waals surface area contributed by atoms with Gasteiger partial charge in [0.2, 0.25) is 0 Å². The second kappa shape index (κ2) is 4.47. The van der Waals surface area contributed by atoms with Gasteiger partial charge in [-0.05, 0) is 25.5 Å². The maximum Gasteiger partial charge on any atom is 0.261 e. The number of nitrogens with two attached hydrogens (primary N) is 1. The number of amides is 1. The number of carbonyl (C=O) groups excluding carboxylic acids is 1. The van der Waals surface area contributed by atoms with Crippen LogP contribution in [-0.4, -0.2) is 11.5 Å². The van der Waals surface area contributed by atoms with Crippen LogP contribution < -0.4 is 10.5 Å². The van der Waals surface area contributed by atoms with Gasteiger partial charge >= 0.3 is 0 Å². The van der Waals surface area contributed by atoms with E-state index in [-0.39, 0.29) is 5.75 Å². The Hall–Kier alpha value is -1.65. The summed E-state index contributed by atoms with van der Waals surface area (Å²) in [4.78, 5) is 11.1. The molecule has 88 valence electrons. The summed E-state index contributed by atoms with van der Waals surface area (Å²) in [7, 11) is 0. The van der Waals surface area contributed by atoms with E-state index < -0.39 is 23.1 Å². The maximum atomic E-state index is 13.3. The lowest BCUT2D eigenvalue weighted by Gasteiger charge is -2.26. The highest BCUT2D eigenvalue weighted by Gasteiger charge is 2.32. The maximum absolute atomic E-state index is 13.3. The van der Waals surface area contributed by atoms with E-state index in [0.29, 0.717) is 12.5 Å². The van der Waals surface area contributed by atoms with Gasteiger partial charge in [0.1, 0.15) is 5.82 Å². The fraction of sp³-hybridized carbons (Fsp3) is 0.364. The number of ether oxygens (including phenoxy) is 1. The van der Waals surface area contributed by atoms with Crippen LogP contribution in [0.3, 0.4) is 0 Å². The number of primary amides is 1. The average molecular weight is 229 g/mol. The van der Waals surface area contributed by atoms with E-state index in [9.17, 15) is 13.6 Å². The minimum absolute atomic E-state index is 0.190. The normalized spacial score (nSPS) is 14.2. The van der Waals surface area contributed by atoms with Crippen LogP contribution in [0.15, 0.2) is 18.2 Å². The molecule has 0 heterocycles. The van der Waals surface area contributed by atoms with E-state index >= 15 is 0 Å². The Morgan fingerprint density at radius 2 is 2.12 bits per heavy atom. The van der Waals surface area contributed by atoms with E-state index in [1.807, 2.05) is 0 Å². The van der Waals surface area contributed by atoms with Gasteiger partial charge in [0, 0.05) is 6.07 Å². The van der Waals surface area contributed by atoms with Crippen LogP contribution in [0.1, 0.15) is 20.3 Å². The van der Waals surface area contributed by atoms with Gasteiger partial charge in [-0.1, -0.05) is 6.92 Å². The van der Waals surface area contributed by atoms with Crippen molar-refractivity contribution in [3.8, 4) is 5.75 Å². The van der Waals surface area contributed by atoms with Crippen molar-refractivity contribution in [2.75, 3.05) is 0 Å². The molecule has 1 rings (SSSR count). The smallest absolute Gasteiger partial charge is 0.261 e. The van der Waals surface area contributed by atoms with Crippen LogP contribution in [-0.2, 0) is 4.79 Å². The van der Waals surface area contributed by atoms with E-state index in [4.69, 9.17) is 10.5 Å². The number of hydrogen-bond acceptors (Lipinski definition) is 2. The average Bonchev–Trinajstić information content (AvgIpc) is 2.22. The first-order valence-electron chi connectivity index (χ1n) is 4.83. The molecular weight excluding hydrogens is 216 g/mol. The summed E-state index contributed by atoms with van der Waals surface area (Å²) in [5.41, 5.74) is 3.86. The molecule has 1 amide bonds. The van der Waals surface area contributed by atoms with Crippen molar-refractivity contribution >= 4 is 5.91 Å². The van der Waals surface area contributed by atoms with Crippen LogP contribution in [0.25, 0.3) is 0 Å². The number of hydrogen-bond donors (Lipinski definition) is 1. The third-order valence-electron chi connectivity index (χ3n) is 2.43. The first kappa shape index (κ1) is 12.4. The Balaban J connectivity index is 2.99. The lowest BCUT2D eigenvalue weighted by molar-refractivity contribution is -0.132. The lowest BCUT2D eigenvalue weighted by atomic mass is 10.0. The second-order valence-corrected chi connectivity index (χ2v) is 3.63. The zero-order valence-corrected chi connectivity index (χ0v) is 9.09. The second-order valence-electron chi connectivity index (χ2n) is 3.63. The molecule has 2 N–H and O–H groups in total. The standard InChI is InChI=1S/C11H13F2NO2/c1-3-11(2,10(14)15)16-9-5-4-7(12)6-8(9)13/h4-6H,3H2,1-2H3,(H2,14,15). The number of rotatable bonds is 4. The molecule has 1 aromatic carbocycles. The summed E-state index contributed by atoms with van der Waals surface area (Å²) < 4.78 is 31.1. The van der Waals surface area contributed by atoms with Crippen molar-refractivity contribution in [3.05, 3.63) is 29.8 Å². The van der Waals surface area contributed by atoms with Crippen LogP contribution in [0.4, 0.5) is 8.78 Å². The minimum atomic E-state index is -1.29. The summed E-state index contributed by atoms with van der Waals surface area (Å²) in [6.45, 7) is 3.14. The molecule has 0 aromatic heterocycles. The summed E-state index contributed by atoms with van der Waals surface area (Å²) in [6, 6.07) is 2.86. The summed E-state index contributed by atoms with van der Waals surface area (Å²) >= 11 is 0. The van der Waals surface area contributed by atoms with Gasteiger partial charge in [-0.3, -0.25) is 4.79 Å². The SMILES string of the molecule is CCC(C)(Oc1ccc(F)cc1F)C(N)=O. The first-order valence-corrected chi connectivity index (χ1v) is 4.83. The number of carbonyl (C=O) groups is 1. The molecule has 5 heteroatoms. The summed E-state index contributed by atoms with van der Waals surface area (Å²) in [6.07, 6.45) is 0.291. The largest absolute Gasteiger partial charge is 0.475 e. The first-order chi connectivity index (χ1) is 7.39. The Morgan fingerprint density at radius 3 is 2.56 bits per heavy atom. The zero-order chi connectivity index (χ0) is 12.3. The molecule has 0 aliphatic heterocycles. The van der Waals surface area contributed by atoms with Crippen LogP contribution in [0.5, 0.6) is 5.75 Å². The van der Waals surface area contributed by atoms with Gasteiger partial charge in [0.15, 0.2) is 17.2 Å². The molecule has 0 spiro atoms. The molecule has 0 aliphatic carbocycles. The third kappa shape index (κ3) is 2.48. The predicted octanol–water partition coefficient (Wildman–Crippen LogP) is 2.00. The van der Waals surface area contributed by atoms with Crippen LogP contribution in [0.2, 0.25) is 0 Å². The summed E-state index contributed by atoms with van der Waals surface area (Å²) in [5.74, 6) is -2.45. The fourth-order valence-corrected chi connectivity index (χ4v) is 1.10. The topological polar surface area (TPSA) is 52.3 Å². The fourth-order valence-electron chi connectivity index (χ4n) is 1.10. The highest BCUT2D eigenvalue weighted by molar-refractivity contribution is 5.83. The van der Waals surface area contributed by atoms with Crippen molar-refractivity contribution in [1.82, 2.24) is 0 Å². The summed E-state index contributed by atoms with van der Waals surface area (Å²) in [5, 5.41) is 0. The van der Waals surface area contributed by atoms with Crippen molar-refractivity contribution < 1.29 is 18.3 Å². The number of benzene rings is 1. The monoisotopic (exact) mass is 229 g/mol. The van der Waals surface area contributed by atoms with Gasteiger partial charge in [-0.25, -0.2) is 8.78 Å². The van der Waals surface area contributed by atoms with Crippen molar-refractivity contribution in [2.45, 2.75) is 25.9 Å². The van der Waals surface area contributed by atoms with Crippen LogP contribution >= 0.6 is 0 Å². The van der Waals surface area contributed by atoms with E-state index in [1.165, 1.54) is 6.92 Å². The molecule has 0 saturated heterocycles. The van der Waals surface area contributed by atoms with Crippen molar-refractivity contribution in [1.29, 1.82) is 0 Å². The van der Waals surface area contributed by atoms with Crippen molar-refractivity contribution in [2.24, 2.45) is 5.73 Å². The molecule has 1 atom stereocenters. The van der Waals surface area contributed by atoms with E-state index in [2.05, 4.69) is 0 Å². The Labute approximate surface area is 92.2 Å². The van der Waals surface area contributed by atoms with Gasteiger partial charge in [0.25, 0.3) is 5.91 Å². The molecule has 1 aromatic rings. The van der Waals surface area contributed by atoms with Gasteiger partial charge in [-0.15, -0.1) is 0 Å². The number of halogens is 2. The minimum Gasteiger partial charge on any atom is -0.475 e. The Kier molecular flexibility index (Phi) is 3.47. The van der Waals surface area contributed by atoms with Gasteiger partial charge in [-0.2, -0.15) is 0 Å². The molecule has 3 nitrogen and oxygen atoms in total. The highest BCUT2D eigenvalue weighted by atomic mass is 19.1. The predicted molar refractivity (Wildman–Crippen MR) is 54.9 cm³/mol. The molecule has 0 radical (unpaired) electrons. The molecule has 16 heavy (non-hydrogen) atoms. The Bertz CT molecular complexity index is 409. The molecule has 0 fully saturated rings. The third-order valence-corrected chi connectivity index (χ3v) is 2.43.